The largest absolute Gasteiger partial charge is 0.494 e. The maximum atomic E-state index is 14.2. The summed E-state index contributed by atoms with van der Waals surface area (Å²) in [5, 5.41) is 12.1. The summed E-state index contributed by atoms with van der Waals surface area (Å²) in [6.07, 6.45) is 2.71. The Hall–Kier alpha value is -2.11. The molecule has 120 valence electrons. The lowest BCUT2D eigenvalue weighted by Crippen LogP contribution is -2.55. The van der Waals surface area contributed by atoms with Crippen molar-refractivity contribution in [1.82, 2.24) is 5.32 Å². The van der Waals surface area contributed by atoms with Crippen molar-refractivity contribution < 1.29 is 23.8 Å². The van der Waals surface area contributed by atoms with Gasteiger partial charge in [-0.25, -0.2) is 4.39 Å². The Bertz CT molecular complexity index is 590. The number of carboxylic acid groups (broad SMARTS) is 1. The molecule has 22 heavy (non-hydrogen) atoms. The van der Waals surface area contributed by atoms with Crippen LogP contribution in [-0.2, 0) is 4.79 Å². The Labute approximate surface area is 128 Å². The number of hydrogen-bond acceptors (Lipinski definition) is 3. The van der Waals surface area contributed by atoms with Crippen molar-refractivity contribution in [2.75, 3.05) is 7.11 Å². The van der Waals surface area contributed by atoms with Crippen LogP contribution in [0.4, 0.5) is 4.39 Å². The number of halogens is 1. The summed E-state index contributed by atoms with van der Waals surface area (Å²) in [6, 6.07) is 4.30. The fraction of sp³-hybridized carbons (Fsp3) is 0.500. The van der Waals surface area contributed by atoms with Crippen LogP contribution in [0.2, 0.25) is 0 Å². The molecule has 0 saturated heterocycles. The summed E-state index contributed by atoms with van der Waals surface area (Å²) < 4.78 is 19.0. The maximum Gasteiger partial charge on any atom is 0.308 e. The molecule has 1 aliphatic carbocycles. The maximum absolute atomic E-state index is 14.2. The number of ether oxygens (including phenoxy) is 1. The first kappa shape index (κ1) is 16.3. The molecule has 1 saturated carbocycles. The van der Waals surface area contributed by atoms with Gasteiger partial charge in [0.2, 0.25) is 0 Å². The number of aliphatic carboxylic acids is 1. The second kappa shape index (κ2) is 6.34. The normalized spacial score (nSPS) is 24.6. The van der Waals surface area contributed by atoms with Crippen LogP contribution in [0.25, 0.3) is 0 Å². The quantitative estimate of drug-likeness (QED) is 0.896. The first-order valence-electron chi connectivity index (χ1n) is 7.27. The average molecular weight is 309 g/mol. The van der Waals surface area contributed by atoms with Gasteiger partial charge >= 0.3 is 5.97 Å². The van der Waals surface area contributed by atoms with E-state index in [9.17, 15) is 19.1 Å². The van der Waals surface area contributed by atoms with Crippen LogP contribution in [0.1, 0.15) is 43.0 Å². The summed E-state index contributed by atoms with van der Waals surface area (Å²) in [7, 11) is 1.32. The number of carboxylic acids is 1. The number of carbonyl (C=O) groups is 2. The zero-order valence-corrected chi connectivity index (χ0v) is 12.7. The highest BCUT2D eigenvalue weighted by molar-refractivity contribution is 5.95. The summed E-state index contributed by atoms with van der Waals surface area (Å²) in [4.78, 5) is 23.8. The molecule has 2 atom stereocenters. The van der Waals surface area contributed by atoms with Gasteiger partial charge in [-0.1, -0.05) is 18.9 Å². The van der Waals surface area contributed by atoms with Crippen LogP contribution >= 0.6 is 0 Å². The number of rotatable bonds is 4. The molecule has 0 radical (unpaired) electrons. The number of carbonyl (C=O) groups excluding carboxylic acids is 1. The van der Waals surface area contributed by atoms with Gasteiger partial charge in [0.25, 0.3) is 5.91 Å². The second-order valence-electron chi connectivity index (χ2n) is 5.83. The number of hydrogen-bond donors (Lipinski definition) is 2. The molecule has 1 aliphatic rings. The molecule has 1 fully saturated rings. The van der Waals surface area contributed by atoms with Gasteiger partial charge in [-0.2, -0.15) is 0 Å². The lowest BCUT2D eigenvalue weighted by Gasteiger charge is -2.39. The highest BCUT2D eigenvalue weighted by Gasteiger charge is 2.42. The highest BCUT2D eigenvalue weighted by Crippen LogP contribution is 2.34. The minimum atomic E-state index is -0.936. The first-order valence-corrected chi connectivity index (χ1v) is 7.27. The van der Waals surface area contributed by atoms with Crippen LogP contribution in [-0.4, -0.2) is 29.6 Å². The van der Waals surface area contributed by atoms with E-state index in [2.05, 4.69) is 5.32 Å². The van der Waals surface area contributed by atoms with E-state index < -0.39 is 29.2 Å². The predicted octanol–water partition coefficient (Wildman–Crippen LogP) is 2.60. The van der Waals surface area contributed by atoms with E-state index in [4.69, 9.17) is 4.74 Å². The molecule has 1 amide bonds. The van der Waals surface area contributed by atoms with Gasteiger partial charge in [0, 0.05) is 0 Å². The van der Waals surface area contributed by atoms with Gasteiger partial charge in [-0.3, -0.25) is 9.59 Å². The van der Waals surface area contributed by atoms with Crippen molar-refractivity contribution in [3.8, 4) is 5.75 Å². The molecule has 0 spiro atoms. The Morgan fingerprint density at radius 1 is 1.41 bits per heavy atom. The zero-order valence-electron chi connectivity index (χ0n) is 12.7. The monoisotopic (exact) mass is 309 g/mol. The van der Waals surface area contributed by atoms with Gasteiger partial charge in [-0.15, -0.1) is 0 Å². The van der Waals surface area contributed by atoms with E-state index in [1.54, 1.807) is 6.92 Å². The van der Waals surface area contributed by atoms with Crippen molar-refractivity contribution in [3.05, 3.63) is 29.6 Å². The molecule has 2 rings (SSSR count). The molecular weight excluding hydrogens is 289 g/mol. The van der Waals surface area contributed by atoms with Crippen LogP contribution in [0.5, 0.6) is 5.75 Å². The van der Waals surface area contributed by atoms with Gasteiger partial charge < -0.3 is 15.2 Å². The molecule has 2 N–H and O–H groups in total. The first-order chi connectivity index (χ1) is 10.4. The predicted molar refractivity (Wildman–Crippen MR) is 78.4 cm³/mol. The third kappa shape index (κ3) is 3.05. The molecule has 0 heterocycles. The Morgan fingerprint density at radius 2 is 2.14 bits per heavy atom. The average Bonchev–Trinajstić information content (AvgIpc) is 2.47. The van der Waals surface area contributed by atoms with Crippen molar-refractivity contribution >= 4 is 11.9 Å². The van der Waals surface area contributed by atoms with Crippen LogP contribution in [0.15, 0.2) is 18.2 Å². The molecule has 5 nitrogen and oxygen atoms in total. The zero-order chi connectivity index (χ0) is 16.3. The van der Waals surface area contributed by atoms with Gasteiger partial charge in [-0.05, 0) is 31.9 Å². The minimum Gasteiger partial charge on any atom is -0.494 e. The minimum absolute atomic E-state index is 0.0174. The number of nitrogens with one attached hydrogen (secondary N) is 1. The summed E-state index contributed by atoms with van der Waals surface area (Å²) in [6.45, 7) is 1.71. The van der Waals surface area contributed by atoms with Crippen molar-refractivity contribution in [2.24, 2.45) is 5.92 Å². The lowest BCUT2D eigenvalue weighted by atomic mass is 9.73. The Balaban J connectivity index is 2.25. The molecule has 0 aliphatic heterocycles. The number of amides is 1. The van der Waals surface area contributed by atoms with Crippen molar-refractivity contribution in [1.29, 1.82) is 0 Å². The summed E-state index contributed by atoms with van der Waals surface area (Å²) >= 11 is 0. The Kier molecular flexibility index (Phi) is 4.68. The third-order valence-electron chi connectivity index (χ3n) is 4.33. The van der Waals surface area contributed by atoms with Gasteiger partial charge in [0.05, 0.1) is 24.1 Å². The van der Waals surface area contributed by atoms with E-state index in [0.29, 0.717) is 12.8 Å². The van der Waals surface area contributed by atoms with E-state index in [1.807, 2.05) is 0 Å². The number of benzene rings is 1. The lowest BCUT2D eigenvalue weighted by molar-refractivity contribution is -0.145. The van der Waals surface area contributed by atoms with E-state index in [1.165, 1.54) is 25.3 Å². The smallest absolute Gasteiger partial charge is 0.308 e. The van der Waals surface area contributed by atoms with Gasteiger partial charge in [0.15, 0.2) is 11.6 Å². The molecular formula is C16H20FNO4. The van der Waals surface area contributed by atoms with E-state index >= 15 is 0 Å². The SMILES string of the molecule is COc1cccc(C(=O)NC2(C)CCCCC2C(=O)O)c1F. The van der Waals surface area contributed by atoms with Gasteiger partial charge in [0.1, 0.15) is 0 Å². The standard InChI is InChI=1S/C16H20FNO4/c1-16(9-4-3-7-11(16)15(20)21)18-14(19)10-6-5-8-12(22-2)13(10)17/h5-6,8,11H,3-4,7,9H2,1-2H3,(H,18,19)(H,20,21). The third-order valence-corrected chi connectivity index (χ3v) is 4.33. The molecule has 0 bridgehead atoms. The Morgan fingerprint density at radius 3 is 2.77 bits per heavy atom. The summed E-state index contributed by atoms with van der Waals surface area (Å²) in [5.41, 5.74) is -1.02. The van der Waals surface area contributed by atoms with Crippen LogP contribution in [0, 0.1) is 11.7 Å². The van der Waals surface area contributed by atoms with Crippen molar-refractivity contribution in [3.63, 3.8) is 0 Å². The van der Waals surface area contributed by atoms with Crippen LogP contribution in [0.3, 0.4) is 0 Å². The fourth-order valence-electron chi connectivity index (χ4n) is 3.05. The van der Waals surface area contributed by atoms with E-state index in [-0.39, 0.29) is 11.3 Å². The fourth-order valence-corrected chi connectivity index (χ4v) is 3.05. The molecule has 2 unspecified atom stereocenters. The highest BCUT2D eigenvalue weighted by atomic mass is 19.1. The second-order valence-corrected chi connectivity index (χ2v) is 5.83. The topological polar surface area (TPSA) is 75.6 Å². The van der Waals surface area contributed by atoms with Crippen molar-refractivity contribution in [2.45, 2.75) is 38.1 Å². The van der Waals surface area contributed by atoms with Crippen LogP contribution < -0.4 is 10.1 Å². The van der Waals surface area contributed by atoms with E-state index in [0.717, 1.165) is 12.8 Å². The molecule has 6 heteroatoms. The number of methoxy groups -OCH3 is 1. The summed E-state index contributed by atoms with van der Waals surface area (Å²) in [5.74, 6) is -2.98. The molecule has 0 aromatic heterocycles. The molecule has 1 aromatic carbocycles. The molecule has 1 aromatic rings.